The van der Waals surface area contributed by atoms with Gasteiger partial charge in [-0.2, -0.15) is 11.8 Å². The summed E-state index contributed by atoms with van der Waals surface area (Å²) in [5, 5.41) is 0. The third-order valence-electron chi connectivity index (χ3n) is 2.03. The van der Waals surface area contributed by atoms with Crippen molar-refractivity contribution in [2.45, 2.75) is 18.9 Å². The normalized spacial score (nSPS) is 29.3. The summed E-state index contributed by atoms with van der Waals surface area (Å²) in [6.07, 6.45) is 5.01. The Kier molecular flexibility index (Phi) is 2.86. The highest BCUT2D eigenvalue weighted by Crippen LogP contribution is 2.17. The van der Waals surface area contributed by atoms with Crippen LogP contribution in [0.4, 0.5) is 0 Å². The van der Waals surface area contributed by atoms with E-state index in [-0.39, 0.29) is 0 Å². The number of hydrogen-bond acceptors (Lipinski definition) is 2. The zero-order chi connectivity index (χ0) is 6.69. The van der Waals surface area contributed by atoms with E-state index in [4.69, 9.17) is 0 Å². The average molecular weight is 145 g/mol. The molecule has 0 aromatic rings. The summed E-state index contributed by atoms with van der Waals surface area (Å²) in [7, 11) is 2.23. The summed E-state index contributed by atoms with van der Waals surface area (Å²) in [5.74, 6) is 1.32. The minimum Gasteiger partial charge on any atom is -0.303 e. The highest BCUT2D eigenvalue weighted by molar-refractivity contribution is 7.98. The van der Waals surface area contributed by atoms with Gasteiger partial charge in [-0.1, -0.05) is 0 Å². The van der Waals surface area contributed by atoms with Gasteiger partial charge in [0.25, 0.3) is 0 Å². The molecule has 0 radical (unpaired) electrons. The Hall–Kier alpha value is 0.310. The molecule has 1 nitrogen and oxygen atoms in total. The van der Waals surface area contributed by atoms with Gasteiger partial charge in [-0.15, -0.1) is 0 Å². The zero-order valence-electron chi connectivity index (χ0n) is 6.26. The van der Waals surface area contributed by atoms with Crippen molar-refractivity contribution in [2.75, 3.05) is 25.6 Å². The lowest BCUT2D eigenvalue weighted by Crippen LogP contribution is -2.26. The highest BCUT2D eigenvalue weighted by atomic mass is 32.2. The molecule has 1 aliphatic rings. The van der Waals surface area contributed by atoms with Gasteiger partial charge in [-0.05, 0) is 32.7 Å². The molecular weight excluding hydrogens is 130 g/mol. The largest absolute Gasteiger partial charge is 0.303 e. The fourth-order valence-electron chi connectivity index (χ4n) is 1.38. The van der Waals surface area contributed by atoms with Crippen molar-refractivity contribution < 1.29 is 0 Å². The van der Waals surface area contributed by atoms with E-state index in [1.807, 2.05) is 11.8 Å². The second-order valence-electron chi connectivity index (χ2n) is 2.73. The van der Waals surface area contributed by atoms with Crippen LogP contribution >= 0.6 is 11.8 Å². The molecule has 0 aliphatic carbocycles. The van der Waals surface area contributed by atoms with Crippen molar-refractivity contribution in [3.05, 3.63) is 0 Å². The van der Waals surface area contributed by atoms with Gasteiger partial charge in [0.1, 0.15) is 0 Å². The molecule has 1 heterocycles. The molecule has 1 rings (SSSR count). The van der Waals surface area contributed by atoms with Crippen molar-refractivity contribution >= 4 is 11.8 Å². The van der Waals surface area contributed by atoms with Crippen LogP contribution in [0.25, 0.3) is 0 Å². The van der Waals surface area contributed by atoms with Gasteiger partial charge in [-0.25, -0.2) is 0 Å². The predicted molar refractivity (Wildman–Crippen MR) is 44.0 cm³/mol. The first kappa shape index (κ1) is 7.42. The molecule has 1 saturated heterocycles. The van der Waals surface area contributed by atoms with Crippen LogP contribution in [0.2, 0.25) is 0 Å². The third kappa shape index (κ3) is 1.87. The quantitative estimate of drug-likeness (QED) is 0.578. The van der Waals surface area contributed by atoms with Crippen LogP contribution in [0, 0.1) is 0 Å². The first-order chi connectivity index (χ1) is 4.34. The van der Waals surface area contributed by atoms with E-state index in [0.29, 0.717) is 0 Å². The Labute approximate surface area is 61.8 Å². The zero-order valence-corrected chi connectivity index (χ0v) is 7.08. The highest BCUT2D eigenvalue weighted by Gasteiger charge is 2.19. The van der Waals surface area contributed by atoms with E-state index in [1.165, 1.54) is 25.1 Å². The Morgan fingerprint density at radius 1 is 1.67 bits per heavy atom. The molecule has 0 aromatic heterocycles. The number of likely N-dealkylation sites (tertiary alicyclic amines) is 1. The minimum absolute atomic E-state index is 0.875. The molecule has 0 amide bonds. The average Bonchev–Trinajstić information content (AvgIpc) is 2.18. The van der Waals surface area contributed by atoms with E-state index in [2.05, 4.69) is 18.2 Å². The Morgan fingerprint density at radius 3 is 2.89 bits per heavy atom. The maximum atomic E-state index is 2.47. The predicted octanol–water partition coefficient (Wildman–Crippen LogP) is 1.44. The molecule has 2 heteroatoms. The van der Waals surface area contributed by atoms with Crippen LogP contribution in [-0.2, 0) is 0 Å². The number of thioether (sulfide) groups is 1. The topological polar surface area (TPSA) is 3.24 Å². The maximum Gasteiger partial charge on any atom is 0.0183 e. The van der Waals surface area contributed by atoms with E-state index >= 15 is 0 Å². The van der Waals surface area contributed by atoms with Crippen LogP contribution < -0.4 is 0 Å². The summed E-state index contributed by atoms with van der Waals surface area (Å²) in [4.78, 5) is 2.47. The van der Waals surface area contributed by atoms with E-state index in [0.717, 1.165) is 6.04 Å². The van der Waals surface area contributed by atoms with Gasteiger partial charge in [0.15, 0.2) is 0 Å². The van der Waals surface area contributed by atoms with E-state index in [1.54, 1.807) is 0 Å². The van der Waals surface area contributed by atoms with Crippen molar-refractivity contribution in [3.8, 4) is 0 Å². The summed E-state index contributed by atoms with van der Waals surface area (Å²) in [6, 6.07) is 0.875. The van der Waals surface area contributed by atoms with Crippen molar-refractivity contribution in [2.24, 2.45) is 0 Å². The lowest BCUT2D eigenvalue weighted by atomic mass is 10.2. The number of hydrogen-bond donors (Lipinski definition) is 0. The number of nitrogens with zero attached hydrogens (tertiary/aromatic N) is 1. The van der Waals surface area contributed by atoms with Crippen LogP contribution in [0.3, 0.4) is 0 Å². The molecular formula is C7H15NS. The van der Waals surface area contributed by atoms with E-state index < -0.39 is 0 Å². The molecule has 1 fully saturated rings. The van der Waals surface area contributed by atoms with Gasteiger partial charge in [-0.3, -0.25) is 0 Å². The molecule has 0 saturated carbocycles. The van der Waals surface area contributed by atoms with Gasteiger partial charge in [0, 0.05) is 11.8 Å². The van der Waals surface area contributed by atoms with Gasteiger partial charge < -0.3 is 4.90 Å². The summed E-state index contributed by atoms with van der Waals surface area (Å²) in [6.45, 7) is 1.31. The lowest BCUT2D eigenvalue weighted by Gasteiger charge is -2.17. The Balaban J connectivity index is 2.22. The van der Waals surface area contributed by atoms with Crippen molar-refractivity contribution in [1.29, 1.82) is 0 Å². The van der Waals surface area contributed by atoms with Crippen molar-refractivity contribution in [3.63, 3.8) is 0 Å². The first-order valence-corrected chi connectivity index (χ1v) is 4.93. The fourth-order valence-corrected chi connectivity index (χ4v) is 2.19. The second kappa shape index (κ2) is 3.47. The third-order valence-corrected chi connectivity index (χ3v) is 2.75. The molecule has 0 N–H and O–H groups in total. The Bertz CT molecular complexity index is 85.0. The summed E-state index contributed by atoms with van der Waals surface area (Å²) in [5.41, 5.74) is 0. The molecule has 1 unspecified atom stereocenters. The van der Waals surface area contributed by atoms with Crippen LogP contribution in [-0.4, -0.2) is 36.5 Å². The molecule has 0 aromatic carbocycles. The molecule has 1 aliphatic heterocycles. The van der Waals surface area contributed by atoms with Crippen LogP contribution in [0.15, 0.2) is 0 Å². The molecule has 0 spiro atoms. The molecule has 54 valence electrons. The lowest BCUT2D eigenvalue weighted by molar-refractivity contribution is 0.335. The van der Waals surface area contributed by atoms with Gasteiger partial charge in [0.2, 0.25) is 0 Å². The first-order valence-electron chi connectivity index (χ1n) is 3.54. The standard InChI is InChI=1S/C7H15NS/c1-8-5-3-4-7(8)6-9-2/h7H,3-6H2,1-2H3. The molecule has 9 heavy (non-hydrogen) atoms. The molecule has 0 bridgehead atoms. The monoisotopic (exact) mass is 145 g/mol. The van der Waals surface area contributed by atoms with Crippen LogP contribution in [0.1, 0.15) is 12.8 Å². The van der Waals surface area contributed by atoms with Crippen LogP contribution in [0.5, 0.6) is 0 Å². The van der Waals surface area contributed by atoms with E-state index in [9.17, 15) is 0 Å². The summed E-state index contributed by atoms with van der Waals surface area (Å²) >= 11 is 1.96. The minimum atomic E-state index is 0.875. The van der Waals surface area contributed by atoms with Gasteiger partial charge >= 0.3 is 0 Å². The Morgan fingerprint density at radius 2 is 2.44 bits per heavy atom. The van der Waals surface area contributed by atoms with Gasteiger partial charge in [0.05, 0.1) is 0 Å². The fraction of sp³-hybridized carbons (Fsp3) is 1.00. The maximum absolute atomic E-state index is 2.47. The molecule has 1 atom stereocenters. The summed E-state index contributed by atoms with van der Waals surface area (Å²) < 4.78 is 0. The smallest absolute Gasteiger partial charge is 0.0183 e. The SMILES string of the molecule is CSCC1CCCN1C. The second-order valence-corrected chi connectivity index (χ2v) is 3.64. The number of rotatable bonds is 2. The van der Waals surface area contributed by atoms with Crippen molar-refractivity contribution in [1.82, 2.24) is 4.90 Å².